The molecule has 114 valence electrons. The van der Waals surface area contributed by atoms with Crippen LogP contribution in [0.1, 0.15) is 27.2 Å². The zero-order valence-electron chi connectivity index (χ0n) is 12.2. The zero-order valence-corrected chi connectivity index (χ0v) is 13.8. The second kappa shape index (κ2) is 5.75. The van der Waals surface area contributed by atoms with Gasteiger partial charge in [-0.05, 0) is 39.5 Å². The molecule has 1 aliphatic heterocycles. The fraction of sp³-hybridized carbons (Fsp3) is 0.467. The Bertz CT molecular complexity index is 584. The van der Waals surface area contributed by atoms with Gasteiger partial charge >= 0.3 is 0 Å². The number of rotatable bonds is 1. The van der Waals surface area contributed by atoms with Crippen molar-refractivity contribution in [2.45, 2.75) is 33.2 Å². The maximum atomic E-state index is 13.4. The molecule has 2 amide bonds. The molecule has 21 heavy (non-hydrogen) atoms. The maximum absolute atomic E-state index is 13.4. The van der Waals surface area contributed by atoms with Gasteiger partial charge in [0, 0.05) is 18.7 Å². The molecule has 1 atom stereocenters. The molecule has 0 radical (unpaired) electrons. The van der Waals surface area contributed by atoms with Crippen LogP contribution in [-0.2, 0) is 9.59 Å². The summed E-state index contributed by atoms with van der Waals surface area (Å²) in [6.07, 6.45) is 0.229. The van der Waals surface area contributed by atoms with Crippen LogP contribution in [0.5, 0.6) is 0 Å². The average molecular weight is 357 g/mol. The minimum atomic E-state index is -0.601. The van der Waals surface area contributed by atoms with E-state index in [9.17, 15) is 14.0 Å². The molecule has 1 fully saturated rings. The monoisotopic (exact) mass is 356 g/mol. The number of carbonyl (C=O) groups excluding carboxylic acids is 2. The molecule has 0 bridgehead atoms. The first-order chi connectivity index (χ1) is 9.70. The van der Waals surface area contributed by atoms with Gasteiger partial charge in [-0.2, -0.15) is 0 Å². The Morgan fingerprint density at radius 1 is 1.33 bits per heavy atom. The van der Waals surface area contributed by atoms with Crippen molar-refractivity contribution in [3.05, 3.63) is 28.5 Å². The van der Waals surface area contributed by atoms with Gasteiger partial charge in [-0.15, -0.1) is 0 Å². The third-order valence-corrected chi connectivity index (χ3v) is 4.07. The van der Waals surface area contributed by atoms with E-state index < -0.39 is 11.5 Å². The van der Waals surface area contributed by atoms with E-state index in [1.807, 2.05) is 20.8 Å². The van der Waals surface area contributed by atoms with Gasteiger partial charge in [0.1, 0.15) is 11.9 Å². The Morgan fingerprint density at radius 2 is 2.00 bits per heavy atom. The number of carbonyl (C=O) groups is 2. The van der Waals surface area contributed by atoms with Crippen LogP contribution >= 0.6 is 15.9 Å². The second-order valence-electron chi connectivity index (χ2n) is 6.20. The second-order valence-corrected chi connectivity index (χ2v) is 7.06. The van der Waals surface area contributed by atoms with Crippen LogP contribution in [0.2, 0.25) is 0 Å². The van der Waals surface area contributed by atoms with Crippen molar-refractivity contribution >= 4 is 33.4 Å². The zero-order chi connectivity index (χ0) is 15.8. The van der Waals surface area contributed by atoms with Gasteiger partial charge < -0.3 is 10.2 Å². The summed E-state index contributed by atoms with van der Waals surface area (Å²) >= 11 is 3.12. The lowest BCUT2D eigenvalue weighted by Crippen LogP contribution is -2.52. The molecule has 1 N–H and O–H groups in total. The highest BCUT2D eigenvalue weighted by Gasteiger charge is 2.38. The van der Waals surface area contributed by atoms with Gasteiger partial charge in [-0.3, -0.25) is 9.59 Å². The summed E-state index contributed by atoms with van der Waals surface area (Å²) in [5.74, 6) is -0.707. The van der Waals surface area contributed by atoms with Crippen LogP contribution < -0.4 is 10.2 Å². The molecule has 0 saturated carbocycles. The van der Waals surface area contributed by atoms with Crippen molar-refractivity contribution in [3.8, 4) is 0 Å². The summed E-state index contributed by atoms with van der Waals surface area (Å²) in [6, 6.07) is 3.81. The van der Waals surface area contributed by atoms with E-state index in [-0.39, 0.29) is 30.6 Å². The van der Waals surface area contributed by atoms with Crippen LogP contribution in [0.3, 0.4) is 0 Å². The van der Waals surface area contributed by atoms with Crippen molar-refractivity contribution in [1.29, 1.82) is 0 Å². The third-order valence-electron chi connectivity index (χ3n) is 3.46. The number of anilines is 1. The van der Waals surface area contributed by atoms with E-state index in [1.165, 1.54) is 11.0 Å². The Morgan fingerprint density at radius 3 is 2.57 bits per heavy atom. The fourth-order valence-corrected chi connectivity index (χ4v) is 2.64. The lowest BCUT2D eigenvalue weighted by Gasteiger charge is -2.32. The molecule has 1 aromatic carbocycles. The first-order valence-electron chi connectivity index (χ1n) is 6.76. The number of hydrogen-bond donors (Lipinski definition) is 1. The highest BCUT2D eigenvalue weighted by molar-refractivity contribution is 9.10. The molecule has 2 rings (SSSR count). The highest BCUT2D eigenvalue weighted by atomic mass is 79.9. The molecule has 1 aliphatic rings. The number of nitrogens with one attached hydrogen (secondary N) is 1. The largest absolute Gasteiger partial charge is 0.344 e. The molecule has 0 aliphatic carbocycles. The van der Waals surface area contributed by atoms with Gasteiger partial charge in [0.15, 0.2) is 0 Å². The Kier molecular flexibility index (Phi) is 4.37. The maximum Gasteiger partial charge on any atom is 0.250 e. The van der Waals surface area contributed by atoms with E-state index in [4.69, 9.17) is 0 Å². The fourth-order valence-electron chi connectivity index (χ4n) is 2.27. The summed E-state index contributed by atoms with van der Waals surface area (Å²) in [6.45, 7) is 6.00. The molecule has 1 saturated heterocycles. The van der Waals surface area contributed by atoms with Gasteiger partial charge in [-0.1, -0.05) is 20.8 Å². The molecule has 1 unspecified atom stereocenters. The minimum absolute atomic E-state index is 0.146. The predicted octanol–water partition coefficient (Wildman–Crippen LogP) is 2.86. The molecule has 0 spiro atoms. The average Bonchev–Trinajstić information content (AvgIpc) is 2.52. The van der Waals surface area contributed by atoms with E-state index in [2.05, 4.69) is 21.2 Å². The van der Waals surface area contributed by atoms with Gasteiger partial charge in [0.25, 0.3) is 0 Å². The number of hydrogen-bond acceptors (Lipinski definition) is 2. The Balaban J connectivity index is 2.39. The van der Waals surface area contributed by atoms with Crippen LogP contribution in [0.4, 0.5) is 10.1 Å². The minimum Gasteiger partial charge on any atom is -0.344 e. The van der Waals surface area contributed by atoms with Gasteiger partial charge in [0.2, 0.25) is 11.8 Å². The topological polar surface area (TPSA) is 49.4 Å². The highest BCUT2D eigenvalue weighted by Crippen LogP contribution is 2.28. The number of amides is 2. The van der Waals surface area contributed by atoms with Crippen molar-refractivity contribution in [2.75, 3.05) is 11.4 Å². The quantitative estimate of drug-likeness (QED) is 0.840. The van der Waals surface area contributed by atoms with Gasteiger partial charge in [0.05, 0.1) is 4.47 Å². The van der Waals surface area contributed by atoms with Crippen molar-refractivity contribution < 1.29 is 14.0 Å². The summed E-state index contributed by atoms with van der Waals surface area (Å²) in [7, 11) is 0. The lowest BCUT2D eigenvalue weighted by molar-refractivity contribution is -0.127. The first-order valence-corrected chi connectivity index (χ1v) is 7.55. The smallest absolute Gasteiger partial charge is 0.250 e. The van der Waals surface area contributed by atoms with Crippen LogP contribution in [0.15, 0.2) is 22.7 Å². The van der Waals surface area contributed by atoms with Crippen molar-refractivity contribution in [2.24, 2.45) is 5.41 Å². The van der Waals surface area contributed by atoms with E-state index in [0.29, 0.717) is 10.2 Å². The third kappa shape index (κ3) is 3.43. The van der Waals surface area contributed by atoms with E-state index >= 15 is 0 Å². The number of halogens is 2. The SMILES string of the molecule is CC(C)(C)C1NC(=O)CCN(c2ccc(F)c(Br)c2)C1=O. The number of nitrogens with zero attached hydrogens (tertiary/aromatic N) is 1. The standard InChI is InChI=1S/C15H18BrFN2O2/c1-15(2,3)13-14(21)19(7-6-12(20)18-13)9-4-5-11(17)10(16)8-9/h4-5,8,13H,6-7H2,1-3H3,(H,18,20). The van der Waals surface area contributed by atoms with Crippen LogP contribution in [0, 0.1) is 11.2 Å². The van der Waals surface area contributed by atoms with Gasteiger partial charge in [-0.25, -0.2) is 4.39 Å². The van der Waals surface area contributed by atoms with Crippen LogP contribution in [0.25, 0.3) is 0 Å². The Hall–Kier alpha value is -1.43. The molecule has 0 aromatic heterocycles. The first kappa shape index (κ1) is 15.9. The predicted molar refractivity (Wildman–Crippen MR) is 82.5 cm³/mol. The molecule has 6 heteroatoms. The molecule has 1 aromatic rings. The molecule has 4 nitrogen and oxygen atoms in total. The molecule has 1 heterocycles. The van der Waals surface area contributed by atoms with E-state index in [1.54, 1.807) is 12.1 Å². The summed E-state index contributed by atoms with van der Waals surface area (Å²) < 4.78 is 13.6. The molecular formula is C15H18BrFN2O2. The Labute approximate surface area is 131 Å². The van der Waals surface area contributed by atoms with E-state index in [0.717, 1.165) is 0 Å². The van der Waals surface area contributed by atoms with Crippen molar-refractivity contribution in [3.63, 3.8) is 0 Å². The lowest BCUT2D eigenvalue weighted by atomic mass is 9.86. The summed E-state index contributed by atoms with van der Waals surface area (Å²) in [5, 5.41) is 2.78. The van der Waals surface area contributed by atoms with Crippen LogP contribution in [-0.4, -0.2) is 24.4 Å². The molecular weight excluding hydrogens is 339 g/mol. The summed E-state index contributed by atoms with van der Waals surface area (Å²) in [5.41, 5.74) is 0.186. The number of benzene rings is 1. The summed E-state index contributed by atoms with van der Waals surface area (Å²) in [4.78, 5) is 26.1. The van der Waals surface area contributed by atoms with Crippen molar-refractivity contribution in [1.82, 2.24) is 5.32 Å². The normalized spacial score (nSPS) is 20.2.